The number of amides is 1. The van der Waals surface area contributed by atoms with Crippen molar-refractivity contribution in [2.24, 2.45) is 0 Å². The number of aryl methyl sites for hydroxylation is 1. The van der Waals surface area contributed by atoms with Gasteiger partial charge in [0.1, 0.15) is 12.2 Å². The lowest BCUT2D eigenvalue weighted by molar-refractivity contribution is -0.139. The summed E-state index contributed by atoms with van der Waals surface area (Å²) in [5.41, 5.74) is 1.69. The van der Waals surface area contributed by atoms with E-state index in [-0.39, 0.29) is 19.1 Å². The molecule has 0 aliphatic heterocycles. The Morgan fingerprint density at radius 1 is 1.22 bits per heavy atom. The second-order valence-corrected chi connectivity index (χ2v) is 6.38. The molecular weight excluding hydrogens is 294 g/mol. The van der Waals surface area contributed by atoms with Crippen molar-refractivity contribution in [1.29, 1.82) is 0 Å². The summed E-state index contributed by atoms with van der Waals surface area (Å²) in [4.78, 5) is 25.0. The lowest BCUT2D eigenvalue weighted by Crippen LogP contribution is -2.38. The fourth-order valence-corrected chi connectivity index (χ4v) is 1.90. The van der Waals surface area contributed by atoms with Gasteiger partial charge in [0.2, 0.25) is 0 Å². The molecule has 0 spiro atoms. The van der Waals surface area contributed by atoms with E-state index in [2.05, 4.69) is 6.58 Å². The first kappa shape index (κ1) is 18.7. The van der Waals surface area contributed by atoms with Crippen LogP contribution in [0, 0.1) is 6.92 Å². The zero-order valence-corrected chi connectivity index (χ0v) is 14.5. The van der Waals surface area contributed by atoms with Crippen molar-refractivity contribution in [3.8, 4) is 0 Å². The topological polar surface area (TPSA) is 55.8 Å². The molecule has 5 nitrogen and oxygen atoms in total. The zero-order valence-electron chi connectivity index (χ0n) is 14.5. The van der Waals surface area contributed by atoms with Crippen LogP contribution < -0.4 is 4.90 Å². The van der Waals surface area contributed by atoms with Crippen molar-refractivity contribution in [3.63, 3.8) is 0 Å². The number of para-hydroxylation sites is 1. The summed E-state index contributed by atoms with van der Waals surface area (Å²) in [6, 6.07) is 7.52. The van der Waals surface area contributed by atoms with E-state index in [0.29, 0.717) is 5.57 Å². The first-order chi connectivity index (χ1) is 10.6. The third kappa shape index (κ3) is 6.55. The Morgan fingerprint density at radius 3 is 2.35 bits per heavy atom. The quantitative estimate of drug-likeness (QED) is 0.611. The number of nitrogens with zero attached hydrogens (tertiary/aromatic N) is 1. The minimum atomic E-state index is -0.602. The molecule has 0 unspecified atom stereocenters. The van der Waals surface area contributed by atoms with E-state index in [4.69, 9.17) is 9.47 Å². The minimum absolute atomic E-state index is 0.0700. The highest BCUT2D eigenvalue weighted by Gasteiger charge is 2.25. The molecule has 0 saturated carbocycles. The van der Waals surface area contributed by atoms with Gasteiger partial charge in [-0.2, -0.15) is 0 Å². The summed E-state index contributed by atoms with van der Waals surface area (Å²) in [5, 5.41) is 0. The van der Waals surface area contributed by atoms with Crippen LogP contribution in [0.5, 0.6) is 0 Å². The normalized spacial score (nSPS) is 10.8. The fourth-order valence-electron chi connectivity index (χ4n) is 1.90. The van der Waals surface area contributed by atoms with Gasteiger partial charge in [-0.15, -0.1) is 0 Å². The number of rotatable bonds is 5. The second-order valence-electron chi connectivity index (χ2n) is 6.38. The van der Waals surface area contributed by atoms with Crippen LogP contribution in [-0.4, -0.2) is 30.8 Å². The molecule has 23 heavy (non-hydrogen) atoms. The van der Waals surface area contributed by atoms with E-state index in [0.717, 1.165) is 11.3 Å². The lowest BCUT2D eigenvalue weighted by atomic mass is 10.1. The second kappa shape index (κ2) is 7.81. The molecule has 1 aromatic rings. The predicted octanol–water partition coefficient (Wildman–Crippen LogP) is 3.86. The average molecular weight is 319 g/mol. The molecule has 1 rings (SSSR count). The smallest absolute Gasteiger partial charge is 0.415 e. The van der Waals surface area contributed by atoms with Crippen LogP contribution in [0.2, 0.25) is 0 Å². The molecule has 0 aliphatic rings. The highest BCUT2D eigenvalue weighted by Crippen LogP contribution is 2.23. The largest absolute Gasteiger partial charge is 0.461 e. The van der Waals surface area contributed by atoms with Crippen molar-refractivity contribution < 1.29 is 19.1 Å². The molecule has 1 aromatic carbocycles. The Balaban J connectivity index is 2.98. The molecule has 0 bridgehead atoms. The summed E-state index contributed by atoms with van der Waals surface area (Å²) in [5.74, 6) is -0.383. The summed E-state index contributed by atoms with van der Waals surface area (Å²) in [6.45, 7) is 12.9. The molecule has 0 aliphatic carbocycles. The van der Waals surface area contributed by atoms with Gasteiger partial charge in [-0.05, 0) is 44.9 Å². The van der Waals surface area contributed by atoms with E-state index < -0.39 is 11.7 Å². The molecule has 0 radical (unpaired) electrons. The summed E-state index contributed by atoms with van der Waals surface area (Å²) >= 11 is 0. The molecule has 126 valence electrons. The van der Waals surface area contributed by atoms with Crippen molar-refractivity contribution in [2.75, 3.05) is 18.1 Å². The van der Waals surface area contributed by atoms with Gasteiger partial charge in [0.05, 0.1) is 12.2 Å². The van der Waals surface area contributed by atoms with Gasteiger partial charge in [0, 0.05) is 6.92 Å². The van der Waals surface area contributed by atoms with Crippen LogP contribution in [0.15, 0.2) is 36.4 Å². The van der Waals surface area contributed by atoms with Gasteiger partial charge >= 0.3 is 12.1 Å². The number of ether oxygens (including phenoxy) is 2. The monoisotopic (exact) mass is 319 g/mol. The van der Waals surface area contributed by atoms with E-state index in [1.165, 1.54) is 11.8 Å². The van der Waals surface area contributed by atoms with Crippen LogP contribution in [0.3, 0.4) is 0 Å². The molecule has 0 heterocycles. The Kier molecular flexibility index (Phi) is 6.37. The maximum absolute atomic E-state index is 12.5. The van der Waals surface area contributed by atoms with Crippen LogP contribution in [0.4, 0.5) is 10.5 Å². The first-order valence-electron chi connectivity index (χ1n) is 7.46. The van der Waals surface area contributed by atoms with E-state index in [9.17, 15) is 9.59 Å². The highest BCUT2D eigenvalue weighted by atomic mass is 16.6. The number of carbonyl (C=O) groups excluding carboxylic acids is 2. The van der Waals surface area contributed by atoms with E-state index in [1.54, 1.807) is 0 Å². The number of hydrogen-bond acceptors (Lipinski definition) is 4. The summed E-state index contributed by atoms with van der Waals surface area (Å²) < 4.78 is 10.4. The SMILES string of the molecule is C=C(COC(C)=O)CN(C(=O)OC(C)(C)C)c1ccccc1C. The molecule has 0 atom stereocenters. The van der Waals surface area contributed by atoms with Gasteiger partial charge in [0.15, 0.2) is 0 Å². The Hall–Kier alpha value is -2.30. The minimum Gasteiger partial charge on any atom is -0.461 e. The number of anilines is 1. The van der Waals surface area contributed by atoms with Gasteiger partial charge in [-0.25, -0.2) is 4.79 Å². The third-order valence-electron chi connectivity index (χ3n) is 2.88. The third-order valence-corrected chi connectivity index (χ3v) is 2.88. The predicted molar refractivity (Wildman–Crippen MR) is 90.5 cm³/mol. The van der Waals surface area contributed by atoms with Crippen LogP contribution >= 0.6 is 0 Å². The Bertz CT molecular complexity index is 587. The standard InChI is InChI=1S/C18H25NO4/c1-13(12-22-15(3)20)11-19(17(21)23-18(4,5)6)16-10-8-7-9-14(16)2/h7-10H,1,11-12H2,2-6H3. The lowest BCUT2D eigenvalue weighted by Gasteiger charge is -2.29. The molecule has 0 fully saturated rings. The number of carbonyl (C=O) groups is 2. The van der Waals surface area contributed by atoms with Gasteiger partial charge in [0.25, 0.3) is 0 Å². The summed E-state index contributed by atoms with van der Waals surface area (Å²) in [6.07, 6.45) is -0.462. The molecule has 5 heteroatoms. The Labute approximate surface area is 137 Å². The van der Waals surface area contributed by atoms with Crippen molar-refractivity contribution in [1.82, 2.24) is 0 Å². The van der Waals surface area contributed by atoms with Gasteiger partial charge in [-0.1, -0.05) is 24.8 Å². The maximum atomic E-state index is 12.5. The zero-order chi connectivity index (χ0) is 17.6. The van der Waals surface area contributed by atoms with Crippen LogP contribution in [-0.2, 0) is 14.3 Å². The highest BCUT2D eigenvalue weighted by molar-refractivity contribution is 5.89. The summed E-state index contributed by atoms with van der Waals surface area (Å²) in [7, 11) is 0. The van der Waals surface area contributed by atoms with Crippen LogP contribution in [0.1, 0.15) is 33.3 Å². The molecular formula is C18H25NO4. The number of benzene rings is 1. The molecule has 1 amide bonds. The van der Waals surface area contributed by atoms with Gasteiger partial charge < -0.3 is 9.47 Å². The number of esters is 1. The van der Waals surface area contributed by atoms with E-state index in [1.807, 2.05) is 52.0 Å². The maximum Gasteiger partial charge on any atom is 0.415 e. The van der Waals surface area contributed by atoms with Crippen molar-refractivity contribution in [3.05, 3.63) is 42.0 Å². The van der Waals surface area contributed by atoms with E-state index >= 15 is 0 Å². The first-order valence-corrected chi connectivity index (χ1v) is 7.46. The van der Waals surface area contributed by atoms with Crippen LogP contribution in [0.25, 0.3) is 0 Å². The molecule has 0 N–H and O–H groups in total. The van der Waals surface area contributed by atoms with Crippen molar-refractivity contribution in [2.45, 2.75) is 40.2 Å². The molecule has 0 aromatic heterocycles. The van der Waals surface area contributed by atoms with Gasteiger partial charge in [-0.3, -0.25) is 9.69 Å². The Morgan fingerprint density at radius 2 is 1.83 bits per heavy atom. The van der Waals surface area contributed by atoms with Crippen molar-refractivity contribution >= 4 is 17.7 Å². The molecule has 0 saturated heterocycles. The fraction of sp³-hybridized carbons (Fsp3) is 0.444. The number of hydrogen-bond donors (Lipinski definition) is 0. The average Bonchev–Trinajstić information content (AvgIpc) is 2.41.